The van der Waals surface area contributed by atoms with Crippen molar-refractivity contribution in [3.05, 3.63) is 22.4 Å². The molecule has 0 spiro atoms. The quantitative estimate of drug-likeness (QED) is 0.754. The van der Waals surface area contributed by atoms with Gasteiger partial charge in [0.25, 0.3) is 0 Å². The van der Waals surface area contributed by atoms with E-state index in [1.54, 1.807) is 11.3 Å². The number of nitrogens with one attached hydrogen (secondary N) is 1. The fourth-order valence-electron chi connectivity index (χ4n) is 2.75. The summed E-state index contributed by atoms with van der Waals surface area (Å²) in [4.78, 5) is 12.6. The third kappa shape index (κ3) is 2.92. The molecule has 0 amide bonds. The molecule has 1 aliphatic rings. The Morgan fingerprint density at radius 1 is 1.25 bits per heavy atom. The van der Waals surface area contributed by atoms with Crippen LogP contribution in [0.2, 0.25) is 0 Å². The van der Waals surface area contributed by atoms with Crippen molar-refractivity contribution >= 4 is 34.3 Å². The van der Waals surface area contributed by atoms with Crippen LogP contribution in [-0.2, 0) is 4.74 Å². The molecule has 4 heterocycles. The summed E-state index contributed by atoms with van der Waals surface area (Å²) in [5.41, 5.74) is 0.835. The van der Waals surface area contributed by atoms with E-state index in [0.29, 0.717) is 30.3 Å². The zero-order valence-corrected chi connectivity index (χ0v) is 14.1. The number of aromatic nitrogens is 4. The average Bonchev–Trinajstić information content (AvgIpc) is 3.31. The van der Waals surface area contributed by atoms with Crippen molar-refractivity contribution < 1.29 is 9.37 Å². The van der Waals surface area contributed by atoms with Gasteiger partial charge in [-0.3, -0.25) is 0 Å². The molecule has 0 unspecified atom stereocenters. The predicted octanol–water partition coefficient (Wildman–Crippen LogP) is 2.47. The molecule has 3 aromatic rings. The van der Waals surface area contributed by atoms with Gasteiger partial charge in [0.2, 0.25) is 11.3 Å². The predicted molar refractivity (Wildman–Crippen MR) is 91.4 cm³/mol. The number of hydrogen-bond donors (Lipinski definition) is 1. The van der Waals surface area contributed by atoms with E-state index >= 15 is 0 Å². The summed E-state index contributed by atoms with van der Waals surface area (Å²) in [5, 5.41) is 13.2. The van der Waals surface area contributed by atoms with E-state index in [1.165, 1.54) is 4.88 Å². The van der Waals surface area contributed by atoms with E-state index in [1.807, 2.05) is 0 Å². The van der Waals surface area contributed by atoms with Crippen LogP contribution in [0, 0.1) is 0 Å². The highest BCUT2D eigenvalue weighted by Gasteiger charge is 2.22. The molecule has 0 saturated carbocycles. The second-order valence-corrected chi connectivity index (χ2v) is 6.51. The molecule has 1 saturated heterocycles. The number of nitrogens with zero attached hydrogens (tertiary/aromatic N) is 5. The van der Waals surface area contributed by atoms with Crippen LogP contribution in [0.1, 0.15) is 24.3 Å². The van der Waals surface area contributed by atoms with Crippen molar-refractivity contribution in [3.63, 3.8) is 0 Å². The normalized spacial score (nSPS) is 16.5. The maximum atomic E-state index is 5.44. The summed E-state index contributed by atoms with van der Waals surface area (Å²) in [6, 6.07) is 4.37. The van der Waals surface area contributed by atoms with Gasteiger partial charge in [-0.1, -0.05) is 13.0 Å². The van der Waals surface area contributed by atoms with Crippen molar-refractivity contribution in [3.8, 4) is 0 Å². The molecule has 0 aliphatic carbocycles. The highest BCUT2D eigenvalue weighted by molar-refractivity contribution is 7.10. The number of fused-ring (bicyclic) bond motifs is 1. The molecule has 1 atom stereocenters. The Bertz CT molecular complexity index is 800. The molecule has 0 bridgehead atoms. The fraction of sp³-hybridized carbons (Fsp3) is 0.467. The van der Waals surface area contributed by atoms with Crippen LogP contribution in [0.3, 0.4) is 0 Å². The molecule has 0 radical (unpaired) electrons. The topological polar surface area (TPSA) is 89.2 Å². The van der Waals surface area contributed by atoms with E-state index in [-0.39, 0.29) is 6.04 Å². The lowest BCUT2D eigenvalue weighted by Gasteiger charge is -2.29. The number of hydrogen-bond acceptors (Lipinski definition) is 9. The average molecular weight is 346 g/mol. The van der Waals surface area contributed by atoms with E-state index in [4.69, 9.17) is 9.37 Å². The third-order valence-electron chi connectivity index (χ3n) is 4.01. The maximum absolute atomic E-state index is 5.44. The van der Waals surface area contributed by atoms with E-state index < -0.39 is 0 Å². The Hall–Kier alpha value is -2.26. The molecular weight excluding hydrogens is 328 g/mol. The van der Waals surface area contributed by atoms with Crippen molar-refractivity contribution in [1.82, 2.24) is 20.3 Å². The van der Waals surface area contributed by atoms with Crippen LogP contribution in [0.25, 0.3) is 11.3 Å². The van der Waals surface area contributed by atoms with Crippen LogP contribution in [0.15, 0.2) is 22.1 Å². The van der Waals surface area contributed by atoms with E-state index in [0.717, 1.165) is 25.3 Å². The van der Waals surface area contributed by atoms with Gasteiger partial charge >= 0.3 is 0 Å². The number of anilines is 2. The zero-order valence-electron chi connectivity index (χ0n) is 13.3. The van der Waals surface area contributed by atoms with Gasteiger partial charge in [0, 0.05) is 18.0 Å². The molecule has 126 valence electrons. The Morgan fingerprint density at radius 2 is 2.04 bits per heavy atom. The van der Waals surface area contributed by atoms with Crippen LogP contribution >= 0.6 is 11.3 Å². The van der Waals surface area contributed by atoms with Crippen molar-refractivity contribution in [1.29, 1.82) is 0 Å². The summed E-state index contributed by atoms with van der Waals surface area (Å²) >= 11 is 1.73. The summed E-state index contributed by atoms with van der Waals surface area (Å²) in [5.74, 6) is 1.48. The van der Waals surface area contributed by atoms with Crippen molar-refractivity contribution in [2.45, 2.75) is 19.4 Å². The van der Waals surface area contributed by atoms with Gasteiger partial charge in [0.05, 0.1) is 19.3 Å². The van der Waals surface area contributed by atoms with E-state index in [2.05, 4.69) is 54.9 Å². The lowest BCUT2D eigenvalue weighted by atomic mass is 10.2. The summed E-state index contributed by atoms with van der Waals surface area (Å²) in [6.45, 7) is 5.05. The number of rotatable bonds is 5. The van der Waals surface area contributed by atoms with Gasteiger partial charge in [0.1, 0.15) is 0 Å². The van der Waals surface area contributed by atoms with Crippen LogP contribution in [0.4, 0.5) is 11.6 Å². The monoisotopic (exact) mass is 346 g/mol. The molecule has 1 N–H and O–H groups in total. The van der Waals surface area contributed by atoms with Crippen molar-refractivity contribution in [2.75, 3.05) is 36.5 Å². The molecule has 24 heavy (non-hydrogen) atoms. The lowest BCUT2D eigenvalue weighted by Crippen LogP contribution is -2.37. The summed E-state index contributed by atoms with van der Waals surface area (Å²) in [6.07, 6.45) is 0.944. The standard InChI is InChI=1S/C15H18N6O2S/c1-2-10(11-4-3-9-24-11)16-14-15(21-5-7-22-8-6-21)18-13-12(17-14)19-23-20-13/h3-4,9-10H,2,5-8H2,1H3,(H,16,17,19)/t10-/m1/s1. The minimum absolute atomic E-state index is 0.177. The first-order valence-electron chi connectivity index (χ1n) is 7.98. The minimum Gasteiger partial charge on any atom is -0.378 e. The lowest BCUT2D eigenvalue weighted by molar-refractivity contribution is 0.122. The number of thiophene rings is 1. The third-order valence-corrected chi connectivity index (χ3v) is 5.00. The second kappa shape index (κ2) is 6.70. The number of morpholine rings is 1. The van der Waals surface area contributed by atoms with Gasteiger partial charge in [-0.05, 0) is 28.2 Å². The Morgan fingerprint density at radius 3 is 2.75 bits per heavy atom. The maximum Gasteiger partial charge on any atom is 0.245 e. The van der Waals surface area contributed by atoms with Crippen LogP contribution in [-0.4, -0.2) is 46.6 Å². The van der Waals surface area contributed by atoms with Gasteiger partial charge in [-0.15, -0.1) is 11.3 Å². The summed E-state index contributed by atoms with van der Waals surface area (Å²) in [7, 11) is 0. The Balaban J connectivity index is 1.71. The molecular formula is C15H18N6O2S. The zero-order chi connectivity index (χ0) is 16.4. The van der Waals surface area contributed by atoms with Gasteiger partial charge in [-0.2, -0.15) is 0 Å². The SMILES string of the molecule is CC[C@@H](Nc1nc2nonc2nc1N1CCOCC1)c1cccs1. The van der Waals surface area contributed by atoms with Crippen LogP contribution < -0.4 is 10.2 Å². The Kier molecular flexibility index (Phi) is 4.26. The first-order valence-corrected chi connectivity index (χ1v) is 8.86. The largest absolute Gasteiger partial charge is 0.378 e. The fourth-order valence-corrected chi connectivity index (χ4v) is 3.61. The molecule has 8 nitrogen and oxygen atoms in total. The van der Waals surface area contributed by atoms with Gasteiger partial charge < -0.3 is 15.0 Å². The molecule has 0 aromatic carbocycles. The van der Waals surface area contributed by atoms with Gasteiger partial charge in [0.15, 0.2) is 11.6 Å². The molecule has 3 aromatic heterocycles. The molecule has 1 fully saturated rings. The minimum atomic E-state index is 0.177. The second-order valence-electron chi connectivity index (χ2n) is 5.53. The van der Waals surface area contributed by atoms with Gasteiger partial charge in [-0.25, -0.2) is 14.6 Å². The highest BCUT2D eigenvalue weighted by Crippen LogP contribution is 2.31. The molecule has 9 heteroatoms. The van der Waals surface area contributed by atoms with Crippen molar-refractivity contribution in [2.24, 2.45) is 0 Å². The smallest absolute Gasteiger partial charge is 0.245 e. The first kappa shape index (κ1) is 15.3. The first-order chi connectivity index (χ1) is 11.8. The highest BCUT2D eigenvalue weighted by atomic mass is 32.1. The molecule has 1 aliphatic heterocycles. The van der Waals surface area contributed by atoms with Crippen LogP contribution in [0.5, 0.6) is 0 Å². The summed E-state index contributed by atoms with van der Waals surface area (Å²) < 4.78 is 10.2. The van der Waals surface area contributed by atoms with E-state index in [9.17, 15) is 0 Å². The Labute approximate surface area is 142 Å². The molecule has 4 rings (SSSR count). The number of ether oxygens (including phenoxy) is 1.